The minimum absolute atomic E-state index is 0.167. The van der Waals surface area contributed by atoms with Crippen LogP contribution in [0.15, 0.2) is 34.4 Å². The first-order valence-electron chi connectivity index (χ1n) is 6.05. The van der Waals surface area contributed by atoms with Gasteiger partial charge >= 0.3 is 0 Å². The van der Waals surface area contributed by atoms with Gasteiger partial charge in [-0.15, -0.1) is 11.3 Å². The Morgan fingerprint density at radius 3 is 2.78 bits per heavy atom. The number of aromatic nitrogens is 1. The summed E-state index contributed by atoms with van der Waals surface area (Å²) in [7, 11) is 0. The third kappa shape index (κ3) is 4.26. The van der Waals surface area contributed by atoms with Gasteiger partial charge < -0.3 is 9.88 Å². The number of rotatable bonds is 4. The van der Waals surface area contributed by atoms with Gasteiger partial charge in [-0.3, -0.25) is 0 Å². The van der Waals surface area contributed by atoms with E-state index in [2.05, 4.69) is 76.5 Å². The Morgan fingerprint density at radius 1 is 1.39 bits per heavy atom. The summed E-state index contributed by atoms with van der Waals surface area (Å²) >= 11 is 5.28. The molecule has 0 saturated heterocycles. The van der Waals surface area contributed by atoms with E-state index in [0.717, 1.165) is 13.1 Å². The fourth-order valence-corrected chi connectivity index (χ4v) is 3.14. The lowest BCUT2D eigenvalue weighted by atomic mass is 10.1. The molecule has 0 atom stereocenters. The number of nitrogens with one attached hydrogen (secondary N) is 1. The molecule has 0 aliphatic carbocycles. The molecule has 0 bridgehead atoms. The van der Waals surface area contributed by atoms with Crippen LogP contribution in [0.4, 0.5) is 0 Å². The molecule has 0 unspecified atom stereocenters. The van der Waals surface area contributed by atoms with Gasteiger partial charge in [0.05, 0.1) is 6.54 Å². The van der Waals surface area contributed by atoms with E-state index < -0.39 is 0 Å². The number of hydrogen-bond acceptors (Lipinski definition) is 2. The van der Waals surface area contributed by atoms with Crippen molar-refractivity contribution in [3.8, 4) is 0 Å². The molecule has 2 rings (SSSR count). The highest BCUT2D eigenvalue weighted by Gasteiger charge is 2.08. The summed E-state index contributed by atoms with van der Waals surface area (Å²) in [6, 6.07) is 4.36. The SMILES string of the molecule is CC(C)(C)NCc1ccn(Cc2cc(Br)cs2)c1. The second kappa shape index (κ2) is 5.59. The second-order valence-corrected chi connectivity index (χ2v) is 7.44. The normalized spacial score (nSPS) is 12.0. The Balaban J connectivity index is 1.94. The van der Waals surface area contributed by atoms with Crippen LogP contribution in [0.3, 0.4) is 0 Å². The molecule has 0 amide bonds. The lowest BCUT2D eigenvalue weighted by Crippen LogP contribution is -2.34. The zero-order chi connectivity index (χ0) is 13.2. The zero-order valence-corrected chi connectivity index (χ0v) is 13.4. The smallest absolute Gasteiger partial charge is 0.0564 e. The molecular formula is C14H19BrN2S. The van der Waals surface area contributed by atoms with E-state index in [1.807, 2.05) is 0 Å². The van der Waals surface area contributed by atoms with Crippen LogP contribution in [0.2, 0.25) is 0 Å². The van der Waals surface area contributed by atoms with Crippen LogP contribution in [-0.2, 0) is 13.1 Å². The van der Waals surface area contributed by atoms with Crippen LogP contribution in [0, 0.1) is 0 Å². The van der Waals surface area contributed by atoms with Gasteiger partial charge in [0.2, 0.25) is 0 Å². The Hall–Kier alpha value is -0.580. The van der Waals surface area contributed by atoms with Crippen LogP contribution in [-0.4, -0.2) is 10.1 Å². The molecule has 0 aliphatic rings. The maximum absolute atomic E-state index is 3.50. The molecule has 2 aromatic heterocycles. The van der Waals surface area contributed by atoms with E-state index >= 15 is 0 Å². The van der Waals surface area contributed by atoms with Gasteiger partial charge in [0.25, 0.3) is 0 Å². The summed E-state index contributed by atoms with van der Waals surface area (Å²) in [5, 5.41) is 5.63. The first-order chi connectivity index (χ1) is 8.42. The Morgan fingerprint density at radius 2 is 2.17 bits per heavy atom. The molecule has 18 heavy (non-hydrogen) atoms. The summed E-state index contributed by atoms with van der Waals surface area (Å²) in [4.78, 5) is 1.37. The van der Waals surface area contributed by atoms with Gasteiger partial charge in [0.15, 0.2) is 0 Å². The Labute approximate surface area is 121 Å². The van der Waals surface area contributed by atoms with Crippen molar-refractivity contribution in [2.45, 2.75) is 39.4 Å². The van der Waals surface area contributed by atoms with Crippen molar-refractivity contribution in [1.29, 1.82) is 0 Å². The summed E-state index contributed by atoms with van der Waals surface area (Å²) in [5.41, 5.74) is 1.50. The molecule has 2 heterocycles. The van der Waals surface area contributed by atoms with Crippen molar-refractivity contribution in [2.24, 2.45) is 0 Å². The highest BCUT2D eigenvalue weighted by atomic mass is 79.9. The predicted octanol–water partition coefficient (Wildman–Crippen LogP) is 4.25. The molecule has 0 spiro atoms. The number of halogens is 1. The van der Waals surface area contributed by atoms with Crippen LogP contribution >= 0.6 is 27.3 Å². The van der Waals surface area contributed by atoms with Gasteiger partial charge in [-0.2, -0.15) is 0 Å². The summed E-state index contributed by atoms with van der Waals surface area (Å²) in [6.45, 7) is 8.43. The van der Waals surface area contributed by atoms with Crippen LogP contribution < -0.4 is 5.32 Å². The third-order valence-electron chi connectivity index (χ3n) is 2.59. The highest BCUT2D eigenvalue weighted by Crippen LogP contribution is 2.20. The molecule has 2 nitrogen and oxygen atoms in total. The predicted molar refractivity (Wildman–Crippen MR) is 82.1 cm³/mol. The fraction of sp³-hybridized carbons (Fsp3) is 0.429. The van der Waals surface area contributed by atoms with E-state index in [1.54, 1.807) is 11.3 Å². The third-order valence-corrected chi connectivity index (χ3v) is 4.28. The van der Waals surface area contributed by atoms with Gasteiger partial charge in [0, 0.05) is 39.2 Å². The monoisotopic (exact) mass is 326 g/mol. The molecule has 4 heteroatoms. The molecule has 0 radical (unpaired) electrons. The van der Waals surface area contributed by atoms with E-state index in [9.17, 15) is 0 Å². The lowest BCUT2D eigenvalue weighted by molar-refractivity contribution is 0.424. The minimum atomic E-state index is 0.167. The molecule has 1 N–H and O–H groups in total. The quantitative estimate of drug-likeness (QED) is 0.888. The van der Waals surface area contributed by atoms with Gasteiger partial charge in [-0.05, 0) is 54.4 Å². The zero-order valence-electron chi connectivity index (χ0n) is 11.0. The van der Waals surface area contributed by atoms with Gasteiger partial charge in [0.1, 0.15) is 0 Å². The van der Waals surface area contributed by atoms with Crippen LogP contribution in [0.5, 0.6) is 0 Å². The van der Waals surface area contributed by atoms with Crippen molar-refractivity contribution in [1.82, 2.24) is 9.88 Å². The average Bonchev–Trinajstić information content (AvgIpc) is 2.85. The maximum atomic E-state index is 3.50. The van der Waals surface area contributed by atoms with Gasteiger partial charge in [-0.1, -0.05) is 0 Å². The van der Waals surface area contributed by atoms with Crippen molar-refractivity contribution >= 4 is 27.3 Å². The van der Waals surface area contributed by atoms with E-state index in [1.165, 1.54) is 14.9 Å². The van der Waals surface area contributed by atoms with E-state index in [4.69, 9.17) is 0 Å². The number of thiophene rings is 1. The van der Waals surface area contributed by atoms with Crippen molar-refractivity contribution < 1.29 is 0 Å². The number of hydrogen-bond donors (Lipinski definition) is 1. The van der Waals surface area contributed by atoms with Crippen LogP contribution in [0.1, 0.15) is 31.2 Å². The largest absolute Gasteiger partial charge is 0.349 e. The minimum Gasteiger partial charge on any atom is -0.349 e. The van der Waals surface area contributed by atoms with Crippen molar-refractivity contribution in [3.63, 3.8) is 0 Å². The first-order valence-corrected chi connectivity index (χ1v) is 7.72. The standard InChI is InChI=1S/C14H19BrN2S/c1-14(2,3)16-7-11-4-5-17(8-11)9-13-6-12(15)10-18-13/h4-6,8,10,16H,7,9H2,1-3H3. The number of nitrogens with zero attached hydrogens (tertiary/aromatic N) is 1. The highest BCUT2D eigenvalue weighted by molar-refractivity contribution is 9.10. The molecule has 0 aromatic carbocycles. The van der Waals surface area contributed by atoms with E-state index in [0.29, 0.717) is 0 Å². The van der Waals surface area contributed by atoms with Crippen molar-refractivity contribution in [2.75, 3.05) is 0 Å². The lowest BCUT2D eigenvalue weighted by Gasteiger charge is -2.19. The van der Waals surface area contributed by atoms with Gasteiger partial charge in [-0.25, -0.2) is 0 Å². The van der Waals surface area contributed by atoms with E-state index in [-0.39, 0.29) is 5.54 Å². The molecule has 2 aromatic rings. The molecule has 0 saturated carbocycles. The topological polar surface area (TPSA) is 17.0 Å². The first kappa shape index (κ1) is 13.8. The molecule has 0 aliphatic heterocycles. The maximum Gasteiger partial charge on any atom is 0.0564 e. The summed E-state index contributed by atoms with van der Waals surface area (Å²) < 4.78 is 3.40. The average molecular weight is 327 g/mol. The molecule has 0 fully saturated rings. The molecule has 98 valence electrons. The summed E-state index contributed by atoms with van der Waals surface area (Å²) in [6.07, 6.45) is 4.36. The molecular weight excluding hydrogens is 308 g/mol. The second-order valence-electron chi connectivity index (χ2n) is 5.53. The Bertz CT molecular complexity index is 508. The summed E-state index contributed by atoms with van der Waals surface area (Å²) in [5.74, 6) is 0. The van der Waals surface area contributed by atoms with Crippen LogP contribution in [0.25, 0.3) is 0 Å². The van der Waals surface area contributed by atoms with Crippen molar-refractivity contribution in [3.05, 3.63) is 44.8 Å². The fourth-order valence-electron chi connectivity index (χ4n) is 1.68. The Kier molecular flexibility index (Phi) is 4.30.